The molecule has 1 fully saturated rings. The van der Waals surface area contributed by atoms with E-state index in [9.17, 15) is 23.6 Å². The molecule has 0 bridgehead atoms. The van der Waals surface area contributed by atoms with Crippen molar-refractivity contribution in [2.45, 2.75) is 71.0 Å². The molecule has 4 atom stereocenters. The maximum absolute atomic E-state index is 15.7. The zero-order chi connectivity index (χ0) is 35.1. The van der Waals surface area contributed by atoms with Gasteiger partial charge in [-0.25, -0.2) is 8.78 Å². The average molecular weight is 666 g/mol. The minimum atomic E-state index is -1.17. The molecule has 13 heteroatoms. The quantitative estimate of drug-likeness (QED) is 0.268. The summed E-state index contributed by atoms with van der Waals surface area (Å²) in [6.07, 6.45) is 1.68. The van der Waals surface area contributed by atoms with E-state index in [1.54, 1.807) is 31.7 Å². The van der Waals surface area contributed by atoms with Crippen molar-refractivity contribution in [1.29, 1.82) is 0 Å². The van der Waals surface area contributed by atoms with Crippen LogP contribution in [0.2, 0.25) is 0 Å². The van der Waals surface area contributed by atoms with Crippen molar-refractivity contribution in [1.82, 2.24) is 30.2 Å². The van der Waals surface area contributed by atoms with Gasteiger partial charge in [0.2, 0.25) is 17.7 Å². The van der Waals surface area contributed by atoms with E-state index in [1.165, 1.54) is 53.3 Å². The van der Waals surface area contributed by atoms with E-state index in [2.05, 4.69) is 25.9 Å². The number of nitrogens with zero attached hydrogens (tertiary/aromatic N) is 4. The molecule has 3 aromatic rings. The Morgan fingerprint density at radius 2 is 1.46 bits per heavy atom. The normalized spacial score (nSPS) is 16.1. The van der Waals surface area contributed by atoms with Crippen LogP contribution in [0.3, 0.4) is 0 Å². The highest BCUT2D eigenvalue weighted by Crippen LogP contribution is 2.27. The highest BCUT2D eigenvalue weighted by molar-refractivity contribution is 6.01. The lowest BCUT2D eigenvalue weighted by Gasteiger charge is -2.36. The summed E-state index contributed by atoms with van der Waals surface area (Å²) < 4.78 is 30.9. The van der Waals surface area contributed by atoms with Crippen LogP contribution in [0.15, 0.2) is 54.7 Å². The molecule has 1 aliphatic rings. The Morgan fingerprint density at radius 1 is 0.833 bits per heavy atom. The molecule has 4 rings (SSSR count). The van der Waals surface area contributed by atoms with Gasteiger partial charge in [0.05, 0.1) is 5.69 Å². The van der Waals surface area contributed by atoms with Crippen molar-refractivity contribution < 1.29 is 28.0 Å². The van der Waals surface area contributed by atoms with Crippen LogP contribution in [0, 0.1) is 11.6 Å². The molecule has 0 aliphatic carbocycles. The fourth-order valence-corrected chi connectivity index (χ4v) is 5.72. The SMILES string of the molecule is CCC(=O)NC(C(=O)N1CCN(C)CC1)C(C)c1ccc(NC(=O)C(NC(=O)c2ccnn2C(C)C)C(C)c2ccc(F)cc2)c(F)c1. The Morgan fingerprint density at radius 3 is 2.06 bits per heavy atom. The number of benzene rings is 2. The third kappa shape index (κ3) is 8.62. The predicted octanol–water partition coefficient (Wildman–Crippen LogP) is 4.06. The van der Waals surface area contributed by atoms with Gasteiger partial charge in [0.25, 0.3) is 5.91 Å². The number of carbonyl (C=O) groups excluding carboxylic acids is 4. The van der Waals surface area contributed by atoms with Crippen LogP contribution in [-0.2, 0) is 14.4 Å². The molecule has 0 spiro atoms. The first kappa shape index (κ1) is 36.2. The van der Waals surface area contributed by atoms with E-state index in [1.807, 2.05) is 20.9 Å². The van der Waals surface area contributed by atoms with Crippen molar-refractivity contribution in [2.24, 2.45) is 0 Å². The Bertz CT molecular complexity index is 1600. The number of hydrogen-bond donors (Lipinski definition) is 3. The number of anilines is 1. The molecular weight excluding hydrogens is 620 g/mol. The molecule has 1 aliphatic heterocycles. The Balaban J connectivity index is 1.57. The molecule has 258 valence electrons. The fourth-order valence-electron chi connectivity index (χ4n) is 5.72. The summed E-state index contributed by atoms with van der Waals surface area (Å²) >= 11 is 0. The number of rotatable bonds is 12. The summed E-state index contributed by atoms with van der Waals surface area (Å²) in [5.41, 5.74) is 1.16. The second-order valence-electron chi connectivity index (χ2n) is 12.6. The van der Waals surface area contributed by atoms with Crippen molar-refractivity contribution >= 4 is 29.3 Å². The van der Waals surface area contributed by atoms with Gasteiger partial charge in [-0.2, -0.15) is 5.10 Å². The molecule has 4 unspecified atom stereocenters. The third-order valence-corrected chi connectivity index (χ3v) is 8.85. The molecule has 3 N–H and O–H groups in total. The number of piperazine rings is 1. The molecule has 0 saturated carbocycles. The van der Waals surface area contributed by atoms with Crippen LogP contribution in [0.5, 0.6) is 0 Å². The van der Waals surface area contributed by atoms with Crippen LogP contribution >= 0.6 is 0 Å². The number of aromatic nitrogens is 2. The van der Waals surface area contributed by atoms with Crippen molar-refractivity contribution in [3.05, 3.63) is 83.2 Å². The lowest BCUT2D eigenvalue weighted by Crippen LogP contribution is -2.55. The van der Waals surface area contributed by atoms with Gasteiger partial charge in [0.15, 0.2) is 0 Å². The zero-order valence-electron chi connectivity index (χ0n) is 28.3. The van der Waals surface area contributed by atoms with Crippen LogP contribution in [0.4, 0.5) is 14.5 Å². The Labute approximate surface area is 280 Å². The van der Waals surface area contributed by atoms with Gasteiger partial charge < -0.3 is 25.8 Å². The molecule has 0 radical (unpaired) electrons. The highest BCUT2D eigenvalue weighted by Gasteiger charge is 2.34. The second kappa shape index (κ2) is 16.0. The minimum Gasteiger partial charge on any atom is -0.344 e. The average Bonchev–Trinajstić information content (AvgIpc) is 3.57. The zero-order valence-corrected chi connectivity index (χ0v) is 28.3. The minimum absolute atomic E-state index is 0.121. The van der Waals surface area contributed by atoms with E-state index in [0.29, 0.717) is 37.3 Å². The number of hydrogen-bond acceptors (Lipinski definition) is 6. The first-order valence-electron chi connectivity index (χ1n) is 16.3. The number of nitrogens with one attached hydrogen (secondary N) is 3. The fraction of sp³-hybridized carbons (Fsp3) is 0.457. The summed E-state index contributed by atoms with van der Waals surface area (Å²) in [7, 11) is 1.98. The van der Waals surface area contributed by atoms with Gasteiger partial charge in [-0.3, -0.25) is 23.9 Å². The van der Waals surface area contributed by atoms with Crippen LogP contribution < -0.4 is 16.0 Å². The molecular formula is C35H45F2N7O4. The maximum atomic E-state index is 15.7. The van der Waals surface area contributed by atoms with Gasteiger partial charge in [-0.05, 0) is 62.4 Å². The van der Waals surface area contributed by atoms with Gasteiger partial charge >= 0.3 is 0 Å². The predicted molar refractivity (Wildman–Crippen MR) is 178 cm³/mol. The molecule has 2 aromatic carbocycles. The Kier molecular flexibility index (Phi) is 12.0. The third-order valence-electron chi connectivity index (χ3n) is 8.85. The first-order valence-corrected chi connectivity index (χ1v) is 16.3. The van der Waals surface area contributed by atoms with Gasteiger partial charge in [-0.1, -0.05) is 39.0 Å². The summed E-state index contributed by atoms with van der Waals surface area (Å²) in [4.78, 5) is 56.9. The van der Waals surface area contributed by atoms with Crippen LogP contribution in [0.1, 0.15) is 80.5 Å². The number of halogens is 2. The van der Waals surface area contributed by atoms with E-state index >= 15 is 4.39 Å². The maximum Gasteiger partial charge on any atom is 0.270 e. The molecule has 1 saturated heterocycles. The number of likely N-dealkylation sites (N-methyl/N-ethyl adjacent to an activating group) is 1. The van der Waals surface area contributed by atoms with Crippen LogP contribution in [-0.4, -0.2) is 88.5 Å². The summed E-state index contributed by atoms with van der Waals surface area (Å²) in [6.45, 7) is 11.3. The molecule has 1 aromatic heterocycles. The molecule has 11 nitrogen and oxygen atoms in total. The van der Waals surface area contributed by atoms with Gasteiger partial charge in [0.1, 0.15) is 29.4 Å². The van der Waals surface area contributed by atoms with E-state index < -0.39 is 47.4 Å². The second-order valence-corrected chi connectivity index (χ2v) is 12.6. The lowest BCUT2D eigenvalue weighted by atomic mass is 9.91. The van der Waals surface area contributed by atoms with Gasteiger partial charge in [0, 0.05) is 56.7 Å². The largest absolute Gasteiger partial charge is 0.344 e. The van der Waals surface area contributed by atoms with Crippen molar-refractivity contribution in [3.8, 4) is 0 Å². The lowest BCUT2D eigenvalue weighted by molar-refractivity contribution is -0.138. The highest BCUT2D eigenvalue weighted by atomic mass is 19.1. The van der Waals surface area contributed by atoms with Crippen molar-refractivity contribution in [2.75, 3.05) is 38.5 Å². The smallest absolute Gasteiger partial charge is 0.270 e. The number of carbonyl (C=O) groups is 4. The molecule has 48 heavy (non-hydrogen) atoms. The first-order chi connectivity index (χ1) is 22.8. The number of amides is 4. The standard InChI is InChI=1S/C35H45F2N7O4/c1-7-30(45)40-32(35(48)43-18-16-42(6)17-19-43)23(5)25-10-13-28(27(37)20-25)39-34(47)31(22(4)24-8-11-26(36)12-9-24)41-33(46)29-14-15-38-44(29)21(2)3/h8-15,20-23,31-32H,7,16-19H2,1-6H3,(H,39,47)(H,40,45)(H,41,46). The summed E-state index contributed by atoms with van der Waals surface area (Å²) in [6, 6.07) is 9.15. The molecule has 4 amide bonds. The van der Waals surface area contributed by atoms with E-state index in [-0.39, 0.29) is 35.7 Å². The topological polar surface area (TPSA) is 129 Å². The van der Waals surface area contributed by atoms with Crippen LogP contribution in [0.25, 0.3) is 0 Å². The van der Waals surface area contributed by atoms with Gasteiger partial charge in [-0.15, -0.1) is 0 Å². The summed E-state index contributed by atoms with van der Waals surface area (Å²) in [5.74, 6) is -4.17. The van der Waals surface area contributed by atoms with E-state index in [0.717, 1.165) is 0 Å². The van der Waals surface area contributed by atoms with Crippen molar-refractivity contribution in [3.63, 3.8) is 0 Å². The van der Waals surface area contributed by atoms with E-state index in [4.69, 9.17) is 0 Å². The Hall–Kier alpha value is -4.65. The summed E-state index contributed by atoms with van der Waals surface area (Å²) in [5, 5.41) is 12.4. The monoisotopic (exact) mass is 665 g/mol. The molecule has 2 heterocycles.